The Morgan fingerprint density at radius 3 is 2.26 bits per heavy atom. The average Bonchev–Trinajstić information content (AvgIpc) is 2.32. The molecule has 19 heavy (non-hydrogen) atoms. The van der Waals surface area contributed by atoms with Gasteiger partial charge in [0.15, 0.2) is 0 Å². The third-order valence-corrected chi connectivity index (χ3v) is 3.12. The SMILES string of the molecule is Cc1cc(C)cc(C(N)Cc2cc(F)ccc2F)c1. The van der Waals surface area contributed by atoms with Gasteiger partial charge in [0, 0.05) is 6.04 Å². The highest BCUT2D eigenvalue weighted by molar-refractivity contribution is 5.32. The summed E-state index contributed by atoms with van der Waals surface area (Å²) >= 11 is 0. The van der Waals surface area contributed by atoms with Crippen LogP contribution in [0, 0.1) is 25.5 Å². The highest BCUT2D eigenvalue weighted by Gasteiger charge is 2.12. The van der Waals surface area contributed by atoms with Gasteiger partial charge in [-0.2, -0.15) is 0 Å². The summed E-state index contributed by atoms with van der Waals surface area (Å²) in [7, 11) is 0. The lowest BCUT2D eigenvalue weighted by Crippen LogP contribution is -2.14. The van der Waals surface area contributed by atoms with Crippen molar-refractivity contribution in [1.29, 1.82) is 0 Å². The van der Waals surface area contributed by atoms with Crippen molar-refractivity contribution in [3.8, 4) is 0 Å². The molecule has 0 radical (unpaired) electrons. The van der Waals surface area contributed by atoms with Gasteiger partial charge >= 0.3 is 0 Å². The molecule has 0 fully saturated rings. The van der Waals surface area contributed by atoms with Crippen molar-refractivity contribution < 1.29 is 8.78 Å². The molecular formula is C16H17F2N. The fourth-order valence-electron chi connectivity index (χ4n) is 2.28. The molecule has 0 saturated heterocycles. The number of benzene rings is 2. The fourth-order valence-corrected chi connectivity index (χ4v) is 2.28. The third-order valence-electron chi connectivity index (χ3n) is 3.12. The van der Waals surface area contributed by atoms with E-state index in [9.17, 15) is 8.78 Å². The quantitative estimate of drug-likeness (QED) is 0.893. The van der Waals surface area contributed by atoms with Crippen LogP contribution < -0.4 is 5.73 Å². The number of rotatable bonds is 3. The maximum Gasteiger partial charge on any atom is 0.126 e. The molecule has 0 bridgehead atoms. The molecule has 1 nitrogen and oxygen atoms in total. The molecule has 2 aromatic carbocycles. The molecule has 0 amide bonds. The molecule has 0 aliphatic carbocycles. The Labute approximate surface area is 112 Å². The lowest BCUT2D eigenvalue weighted by molar-refractivity contribution is 0.572. The molecule has 2 N–H and O–H groups in total. The van der Waals surface area contributed by atoms with Crippen LogP contribution in [0.3, 0.4) is 0 Å². The molecule has 100 valence electrons. The number of halogens is 2. The summed E-state index contributed by atoms with van der Waals surface area (Å²) in [6, 6.07) is 9.13. The fraction of sp³-hybridized carbons (Fsp3) is 0.250. The Bertz CT molecular complexity index is 573. The van der Waals surface area contributed by atoms with Crippen molar-refractivity contribution >= 4 is 0 Å². The zero-order valence-electron chi connectivity index (χ0n) is 11.1. The van der Waals surface area contributed by atoms with E-state index in [0.29, 0.717) is 5.56 Å². The standard InChI is InChI=1S/C16H17F2N/c1-10-5-11(2)7-13(6-10)16(19)9-12-8-14(17)3-4-15(12)18/h3-8,16H,9,19H2,1-2H3. The van der Waals surface area contributed by atoms with Gasteiger partial charge in [-0.25, -0.2) is 8.78 Å². The van der Waals surface area contributed by atoms with Crippen molar-refractivity contribution in [3.05, 3.63) is 70.3 Å². The monoisotopic (exact) mass is 261 g/mol. The van der Waals surface area contributed by atoms with Crippen LogP contribution in [-0.2, 0) is 6.42 Å². The maximum absolute atomic E-state index is 13.6. The van der Waals surface area contributed by atoms with Gasteiger partial charge in [0.1, 0.15) is 11.6 Å². The number of nitrogens with two attached hydrogens (primary N) is 1. The average molecular weight is 261 g/mol. The second kappa shape index (κ2) is 5.49. The Morgan fingerprint density at radius 2 is 1.63 bits per heavy atom. The summed E-state index contributed by atoms with van der Waals surface area (Å²) in [4.78, 5) is 0. The summed E-state index contributed by atoms with van der Waals surface area (Å²) in [5, 5.41) is 0. The van der Waals surface area contributed by atoms with Gasteiger partial charge in [-0.05, 0) is 49.6 Å². The van der Waals surface area contributed by atoms with Crippen LogP contribution in [0.5, 0.6) is 0 Å². The molecule has 0 aromatic heterocycles. The van der Waals surface area contributed by atoms with Gasteiger partial charge < -0.3 is 5.73 Å². The van der Waals surface area contributed by atoms with E-state index in [1.54, 1.807) is 0 Å². The summed E-state index contributed by atoms with van der Waals surface area (Å²) in [5.41, 5.74) is 9.58. The second-order valence-corrected chi connectivity index (χ2v) is 4.97. The van der Waals surface area contributed by atoms with E-state index in [2.05, 4.69) is 6.07 Å². The highest BCUT2D eigenvalue weighted by Crippen LogP contribution is 2.21. The topological polar surface area (TPSA) is 26.0 Å². The van der Waals surface area contributed by atoms with E-state index in [-0.39, 0.29) is 12.5 Å². The van der Waals surface area contributed by atoms with Gasteiger partial charge in [0.2, 0.25) is 0 Å². The van der Waals surface area contributed by atoms with Crippen LogP contribution in [0.15, 0.2) is 36.4 Å². The maximum atomic E-state index is 13.6. The van der Waals surface area contributed by atoms with E-state index >= 15 is 0 Å². The first-order valence-electron chi connectivity index (χ1n) is 6.23. The smallest absolute Gasteiger partial charge is 0.126 e. The normalized spacial score (nSPS) is 12.5. The lowest BCUT2D eigenvalue weighted by atomic mass is 9.96. The predicted octanol–water partition coefficient (Wildman–Crippen LogP) is 3.82. The Kier molecular flexibility index (Phi) is 3.96. The summed E-state index contributed by atoms with van der Waals surface area (Å²) in [6.45, 7) is 3.98. The van der Waals surface area contributed by atoms with Crippen LogP contribution in [0.25, 0.3) is 0 Å². The van der Waals surface area contributed by atoms with E-state index in [1.165, 1.54) is 6.07 Å². The van der Waals surface area contributed by atoms with Crippen molar-refractivity contribution in [2.75, 3.05) is 0 Å². The molecule has 1 unspecified atom stereocenters. The van der Waals surface area contributed by atoms with E-state index in [1.807, 2.05) is 26.0 Å². The van der Waals surface area contributed by atoms with Crippen LogP contribution in [-0.4, -0.2) is 0 Å². The molecule has 3 heteroatoms. The van der Waals surface area contributed by atoms with Crippen molar-refractivity contribution in [3.63, 3.8) is 0 Å². The Balaban J connectivity index is 2.25. The first kappa shape index (κ1) is 13.7. The summed E-state index contributed by atoms with van der Waals surface area (Å²) in [6.07, 6.45) is 0.284. The minimum atomic E-state index is -0.441. The van der Waals surface area contributed by atoms with E-state index in [0.717, 1.165) is 28.8 Å². The third kappa shape index (κ3) is 3.38. The second-order valence-electron chi connectivity index (χ2n) is 4.97. The highest BCUT2D eigenvalue weighted by atomic mass is 19.1. The number of hydrogen-bond acceptors (Lipinski definition) is 1. The first-order chi connectivity index (χ1) is 8.95. The van der Waals surface area contributed by atoms with E-state index in [4.69, 9.17) is 5.73 Å². The summed E-state index contributed by atoms with van der Waals surface area (Å²) in [5.74, 6) is -0.856. The first-order valence-corrected chi connectivity index (χ1v) is 6.23. The zero-order chi connectivity index (χ0) is 14.0. The van der Waals surface area contributed by atoms with Crippen LogP contribution in [0.2, 0.25) is 0 Å². The van der Waals surface area contributed by atoms with Crippen LogP contribution in [0.4, 0.5) is 8.78 Å². The van der Waals surface area contributed by atoms with Gasteiger partial charge in [-0.1, -0.05) is 29.3 Å². The van der Waals surface area contributed by atoms with Crippen molar-refractivity contribution in [2.24, 2.45) is 5.73 Å². The lowest BCUT2D eigenvalue weighted by Gasteiger charge is -2.14. The molecule has 2 rings (SSSR count). The van der Waals surface area contributed by atoms with Gasteiger partial charge in [-0.15, -0.1) is 0 Å². The molecule has 0 heterocycles. The number of aryl methyl sites for hydroxylation is 2. The predicted molar refractivity (Wildman–Crippen MR) is 72.9 cm³/mol. The van der Waals surface area contributed by atoms with Crippen LogP contribution in [0.1, 0.15) is 28.3 Å². The molecule has 0 aliphatic rings. The summed E-state index contributed by atoms with van der Waals surface area (Å²) < 4.78 is 26.7. The van der Waals surface area contributed by atoms with Gasteiger partial charge in [0.05, 0.1) is 0 Å². The molecule has 0 aliphatic heterocycles. The molecule has 1 atom stereocenters. The Morgan fingerprint density at radius 1 is 1.00 bits per heavy atom. The van der Waals surface area contributed by atoms with Gasteiger partial charge in [-0.3, -0.25) is 0 Å². The molecule has 2 aromatic rings. The Hall–Kier alpha value is -1.74. The minimum Gasteiger partial charge on any atom is -0.324 e. The number of hydrogen-bond donors (Lipinski definition) is 1. The van der Waals surface area contributed by atoms with Crippen LogP contribution >= 0.6 is 0 Å². The van der Waals surface area contributed by atoms with Gasteiger partial charge in [0.25, 0.3) is 0 Å². The molecular weight excluding hydrogens is 244 g/mol. The van der Waals surface area contributed by atoms with Crippen molar-refractivity contribution in [2.45, 2.75) is 26.3 Å². The molecule has 0 saturated carbocycles. The van der Waals surface area contributed by atoms with E-state index < -0.39 is 11.6 Å². The minimum absolute atomic E-state index is 0.284. The van der Waals surface area contributed by atoms with Crippen molar-refractivity contribution in [1.82, 2.24) is 0 Å². The largest absolute Gasteiger partial charge is 0.324 e. The molecule has 0 spiro atoms. The zero-order valence-corrected chi connectivity index (χ0v) is 11.1.